The Bertz CT molecular complexity index is 1250. The lowest BCUT2D eigenvalue weighted by atomic mass is 9.77. The molecule has 1 saturated heterocycles. The van der Waals surface area contributed by atoms with Crippen LogP contribution >= 0.6 is 7.82 Å². The summed E-state index contributed by atoms with van der Waals surface area (Å²) in [6, 6.07) is 14.4. The van der Waals surface area contributed by atoms with Crippen molar-refractivity contribution in [3.05, 3.63) is 60.2 Å². The smallest absolute Gasteiger partial charge is 0.439 e. The van der Waals surface area contributed by atoms with Crippen molar-refractivity contribution < 1.29 is 41.6 Å². The topological polar surface area (TPSA) is 192 Å². The zero-order valence-corrected chi connectivity index (χ0v) is 23.6. The van der Waals surface area contributed by atoms with E-state index in [-0.39, 0.29) is 30.4 Å². The molecule has 0 radical (unpaired) electrons. The van der Waals surface area contributed by atoms with E-state index < -0.39 is 48.1 Å². The minimum atomic E-state index is -5.24. The largest absolute Gasteiger partial charge is 0.470 e. The number of carbonyl (C=O) groups excluding carboxylic acids is 1. The van der Waals surface area contributed by atoms with Crippen LogP contribution in [0.5, 0.6) is 0 Å². The Kier molecular flexibility index (Phi) is 10.2. The summed E-state index contributed by atoms with van der Waals surface area (Å²) < 4.78 is 57.5. The van der Waals surface area contributed by atoms with Crippen LogP contribution in [0.4, 0.5) is 10.5 Å². The average Bonchev–Trinajstić information content (AvgIpc) is 3.38. The Hall–Kier alpha value is -2.51. The molecule has 3 rings (SSSR count). The summed E-state index contributed by atoms with van der Waals surface area (Å²) in [6.07, 6.45) is -2.53. The quantitative estimate of drug-likeness (QED) is 0.201. The molecule has 1 heterocycles. The molecule has 0 saturated carbocycles. The van der Waals surface area contributed by atoms with E-state index in [1.54, 1.807) is 44.2 Å². The van der Waals surface area contributed by atoms with Crippen LogP contribution in [0.2, 0.25) is 0 Å². The van der Waals surface area contributed by atoms with Gasteiger partial charge in [-0.05, 0) is 42.2 Å². The molecule has 216 valence electrons. The first-order valence-electron chi connectivity index (χ1n) is 12.4. The lowest BCUT2D eigenvalue weighted by Gasteiger charge is -2.44. The van der Waals surface area contributed by atoms with E-state index in [9.17, 15) is 27.6 Å². The second-order valence-corrected chi connectivity index (χ2v) is 13.1. The number of ether oxygens (including phenoxy) is 2. The van der Waals surface area contributed by atoms with Crippen molar-refractivity contribution in [3.8, 4) is 0 Å². The fourth-order valence-electron chi connectivity index (χ4n) is 4.82. The summed E-state index contributed by atoms with van der Waals surface area (Å²) >= 11 is 0. The fourth-order valence-corrected chi connectivity index (χ4v) is 7.00. The zero-order chi connectivity index (χ0) is 28.8. The van der Waals surface area contributed by atoms with E-state index in [0.29, 0.717) is 24.3 Å². The molecule has 14 heteroatoms. The Balaban J connectivity index is 2.18. The van der Waals surface area contributed by atoms with Crippen molar-refractivity contribution in [2.24, 2.45) is 17.6 Å². The summed E-state index contributed by atoms with van der Waals surface area (Å²) in [7, 11) is -9.45. The molecule has 0 aliphatic carbocycles. The first-order chi connectivity index (χ1) is 18.2. The first kappa shape index (κ1) is 31.0. The van der Waals surface area contributed by atoms with Gasteiger partial charge < -0.3 is 30.7 Å². The van der Waals surface area contributed by atoms with Crippen LogP contribution in [0.3, 0.4) is 0 Å². The van der Waals surface area contributed by atoms with Crippen molar-refractivity contribution in [3.63, 3.8) is 0 Å². The van der Waals surface area contributed by atoms with Gasteiger partial charge in [0.15, 0.2) is 5.60 Å². The maximum atomic E-state index is 13.8. The minimum Gasteiger partial charge on any atom is -0.439 e. The van der Waals surface area contributed by atoms with Crippen LogP contribution in [-0.2, 0) is 35.0 Å². The number of amides is 1. The highest BCUT2D eigenvalue weighted by Gasteiger charge is 2.54. The summed E-state index contributed by atoms with van der Waals surface area (Å²) in [5.41, 5.74) is 10.5. The van der Waals surface area contributed by atoms with E-state index in [0.717, 1.165) is 4.31 Å². The Labute approximate surface area is 228 Å². The number of sulfonamides is 1. The first-order valence-corrected chi connectivity index (χ1v) is 15.4. The van der Waals surface area contributed by atoms with Crippen LogP contribution in [0.25, 0.3) is 0 Å². The highest BCUT2D eigenvalue weighted by atomic mass is 32.2. The molecule has 1 fully saturated rings. The molecule has 3 atom stereocenters. The molecular weight excluding hydrogens is 549 g/mol. The van der Waals surface area contributed by atoms with Crippen molar-refractivity contribution in [1.82, 2.24) is 4.31 Å². The normalized spacial score (nSPS) is 18.7. The number of hydrogen-bond acceptors (Lipinski definition) is 8. The molecule has 1 aliphatic heterocycles. The Morgan fingerprint density at radius 2 is 1.79 bits per heavy atom. The van der Waals surface area contributed by atoms with E-state index >= 15 is 0 Å². The number of benzene rings is 2. The third-order valence-electron chi connectivity index (χ3n) is 6.50. The van der Waals surface area contributed by atoms with E-state index in [4.69, 9.17) is 25.5 Å². The zero-order valence-electron chi connectivity index (χ0n) is 21.9. The lowest BCUT2D eigenvalue weighted by molar-refractivity contribution is -0.116. The summed E-state index contributed by atoms with van der Waals surface area (Å²) in [5.74, 6) is -0.790. The minimum absolute atomic E-state index is 0.0209. The van der Waals surface area contributed by atoms with Gasteiger partial charge in [-0.15, -0.1) is 0 Å². The van der Waals surface area contributed by atoms with E-state index in [1.165, 1.54) is 24.3 Å². The third kappa shape index (κ3) is 8.24. The molecule has 2 aromatic carbocycles. The van der Waals surface area contributed by atoms with Gasteiger partial charge in [-0.2, -0.15) is 4.31 Å². The summed E-state index contributed by atoms with van der Waals surface area (Å²) in [5, 5.41) is 0. The van der Waals surface area contributed by atoms with Gasteiger partial charge in [-0.25, -0.2) is 17.8 Å². The number of primary amides is 1. The van der Waals surface area contributed by atoms with Gasteiger partial charge in [0.05, 0.1) is 11.5 Å². The number of nitrogen functional groups attached to an aromatic ring is 1. The average molecular weight is 586 g/mol. The fraction of sp³-hybridized carbons (Fsp3) is 0.480. The predicted molar refractivity (Wildman–Crippen MR) is 144 cm³/mol. The number of phosphoric acid groups is 1. The van der Waals surface area contributed by atoms with Crippen molar-refractivity contribution in [2.75, 3.05) is 32.0 Å². The number of phosphoric ester groups is 1. The van der Waals surface area contributed by atoms with Crippen LogP contribution in [0, 0.1) is 11.8 Å². The van der Waals surface area contributed by atoms with Gasteiger partial charge in [-0.3, -0.25) is 4.52 Å². The number of nitrogens with zero attached hydrogens (tertiary/aromatic N) is 1. The Morgan fingerprint density at radius 1 is 1.15 bits per heavy atom. The molecule has 1 aliphatic rings. The van der Waals surface area contributed by atoms with Gasteiger partial charge in [0, 0.05) is 37.7 Å². The van der Waals surface area contributed by atoms with Crippen LogP contribution < -0.4 is 11.5 Å². The highest BCUT2D eigenvalue weighted by Crippen LogP contribution is 2.46. The van der Waals surface area contributed by atoms with Crippen LogP contribution in [0.1, 0.15) is 25.8 Å². The molecule has 12 nitrogen and oxygen atoms in total. The van der Waals surface area contributed by atoms with Crippen molar-refractivity contribution in [1.29, 1.82) is 0 Å². The molecule has 3 unspecified atom stereocenters. The van der Waals surface area contributed by atoms with Gasteiger partial charge in [0.25, 0.3) is 0 Å². The molecule has 0 bridgehead atoms. The lowest BCUT2D eigenvalue weighted by Crippen LogP contribution is -2.59. The molecule has 0 spiro atoms. The second kappa shape index (κ2) is 12.8. The van der Waals surface area contributed by atoms with Crippen LogP contribution in [-0.4, -0.2) is 66.6 Å². The van der Waals surface area contributed by atoms with Crippen molar-refractivity contribution >= 4 is 29.6 Å². The maximum absolute atomic E-state index is 13.8. The predicted octanol–water partition coefficient (Wildman–Crippen LogP) is 2.51. The Morgan fingerprint density at radius 3 is 2.31 bits per heavy atom. The number of rotatable bonds is 13. The molecular formula is C25H36N3O9PS. The maximum Gasteiger partial charge on any atom is 0.470 e. The summed E-state index contributed by atoms with van der Waals surface area (Å²) in [6.45, 7) is 3.40. The molecule has 6 N–H and O–H groups in total. The van der Waals surface area contributed by atoms with Gasteiger partial charge in [0.1, 0.15) is 6.10 Å². The molecule has 1 amide bonds. The SMILES string of the molecule is CC(C)CN(CC(OP(=O)(O)O)C(Cc1ccccc1)(OC(N)=O)C1CCOC1)S(=O)(=O)c1ccc(N)cc1. The monoisotopic (exact) mass is 585 g/mol. The molecule has 2 aromatic rings. The van der Waals surface area contributed by atoms with Gasteiger partial charge in [-0.1, -0.05) is 44.2 Å². The van der Waals surface area contributed by atoms with Gasteiger partial charge >= 0.3 is 13.9 Å². The number of hydrogen-bond donors (Lipinski definition) is 4. The van der Waals surface area contributed by atoms with E-state index in [1.807, 2.05) is 0 Å². The number of carbonyl (C=O) groups is 1. The van der Waals surface area contributed by atoms with Gasteiger partial charge in [0.2, 0.25) is 10.0 Å². The molecule has 39 heavy (non-hydrogen) atoms. The third-order valence-corrected chi connectivity index (χ3v) is 8.88. The van der Waals surface area contributed by atoms with Crippen molar-refractivity contribution in [2.45, 2.75) is 43.3 Å². The van der Waals surface area contributed by atoms with Crippen LogP contribution in [0.15, 0.2) is 59.5 Å². The number of anilines is 1. The second-order valence-electron chi connectivity index (χ2n) is 9.97. The number of nitrogens with two attached hydrogens (primary N) is 2. The highest BCUT2D eigenvalue weighted by molar-refractivity contribution is 7.89. The van der Waals surface area contributed by atoms with E-state index in [2.05, 4.69) is 0 Å². The summed E-state index contributed by atoms with van der Waals surface area (Å²) in [4.78, 5) is 32.1. The molecule has 0 aromatic heterocycles. The standard InChI is InChI=1S/C25H36N3O9PS/c1-18(2)15-28(39(33,34)22-10-8-21(26)9-11-22)16-23(37-38(30,31)32)25(36-24(27)29,20-12-13-35-17-20)14-19-6-4-3-5-7-19/h3-11,18,20,23H,12-17,26H2,1-2H3,(H2,27,29)(H2,30,31,32).